The van der Waals surface area contributed by atoms with E-state index in [4.69, 9.17) is 4.74 Å². The predicted octanol–water partition coefficient (Wildman–Crippen LogP) is 21.1. The third kappa shape index (κ3) is 59.3. The molecule has 0 aromatic heterocycles. The molecule has 0 fully saturated rings. The first-order chi connectivity index (χ1) is 36.5. The van der Waals surface area contributed by atoms with Crippen molar-refractivity contribution in [3.05, 3.63) is 36.5 Å². The third-order valence-electron chi connectivity index (χ3n) is 15.4. The van der Waals surface area contributed by atoms with Crippen LogP contribution in [0.15, 0.2) is 36.5 Å². The fourth-order valence-electron chi connectivity index (χ4n) is 10.3. The van der Waals surface area contributed by atoms with E-state index in [1.807, 2.05) is 6.08 Å². The van der Waals surface area contributed by atoms with E-state index in [2.05, 4.69) is 43.5 Å². The molecule has 0 aliphatic rings. The number of aliphatic hydroxyl groups excluding tert-OH is 2. The van der Waals surface area contributed by atoms with Crippen LogP contribution in [0.5, 0.6) is 0 Å². The van der Waals surface area contributed by atoms with Crippen LogP contribution in [-0.4, -0.2) is 47.4 Å². The first kappa shape index (κ1) is 72.1. The molecule has 0 saturated carbocycles. The van der Waals surface area contributed by atoms with Gasteiger partial charge in [-0.25, -0.2) is 0 Å². The Morgan fingerprint density at radius 1 is 0.378 bits per heavy atom. The fourth-order valence-corrected chi connectivity index (χ4v) is 10.3. The van der Waals surface area contributed by atoms with E-state index >= 15 is 0 Å². The number of aliphatic hydroxyl groups is 2. The van der Waals surface area contributed by atoms with Gasteiger partial charge in [0.15, 0.2) is 0 Å². The largest absolute Gasteiger partial charge is 0.466 e. The van der Waals surface area contributed by atoms with Crippen LogP contribution < -0.4 is 5.32 Å². The van der Waals surface area contributed by atoms with Gasteiger partial charge in [-0.2, -0.15) is 0 Å². The Balaban J connectivity index is 3.42. The average Bonchev–Trinajstić information content (AvgIpc) is 3.40. The molecule has 436 valence electrons. The summed E-state index contributed by atoms with van der Waals surface area (Å²) in [5, 5.41) is 23.2. The van der Waals surface area contributed by atoms with Gasteiger partial charge in [0.25, 0.3) is 0 Å². The minimum Gasteiger partial charge on any atom is -0.466 e. The summed E-state index contributed by atoms with van der Waals surface area (Å²) in [6, 6.07) is -0.629. The number of nitrogens with one attached hydrogen (secondary N) is 1. The first-order valence-corrected chi connectivity index (χ1v) is 33.3. The predicted molar refractivity (Wildman–Crippen MR) is 324 cm³/mol. The number of amides is 1. The maximum absolute atomic E-state index is 12.5. The maximum atomic E-state index is 12.5. The van der Waals surface area contributed by atoms with Crippen LogP contribution in [-0.2, 0) is 14.3 Å². The number of carbonyl (C=O) groups is 2. The van der Waals surface area contributed by atoms with E-state index in [1.54, 1.807) is 6.08 Å². The van der Waals surface area contributed by atoms with Crippen LogP contribution in [0.2, 0.25) is 0 Å². The molecule has 0 aromatic rings. The number of hydrogen-bond donors (Lipinski definition) is 3. The summed E-state index contributed by atoms with van der Waals surface area (Å²) in [4.78, 5) is 24.5. The maximum Gasteiger partial charge on any atom is 0.305 e. The van der Waals surface area contributed by atoms with Crippen LogP contribution >= 0.6 is 0 Å². The van der Waals surface area contributed by atoms with Crippen molar-refractivity contribution in [1.82, 2.24) is 5.32 Å². The molecule has 6 heteroatoms. The second-order valence-corrected chi connectivity index (χ2v) is 22.8. The Morgan fingerprint density at radius 2 is 0.676 bits per heavy atom. The first-order valence-electron chi connectivity index (χ1n) is 33.3. The molecule has 0 bridgehead atoms. The van der Waals surface area contributed by atoms with Crippen molar-refractivity contribution in [3.8, 4) is 0 Å². The smallest absolute Gasteiger partial charge is 0.305 e. The van der Waals surface area contributed by atoms with E-state index in [-0.39, 0.29) is 18.5 Å². The molecule has 3 N–H and O–H groups in total. The molecule has 0 spiro atoms. The van der Waals surface area contributed by atoms with Crippen molar-refractivity contribution in [2.24, 2.45) is 0 Å². The monoisotopic (exact) mass is 1040 g/mol. The summed E-state index contributed by atoms with van der Waals surface area (Å²) in [7, 11) is 0. The minimum absolute atomic E-state index is 0.0125. The summed E-state index contributed by atoms with van der Waals surface area (Å²) >= 11 is 0. The lowest BCUT2D eigenvalue weighted by atomic mass is 10.0. The summed E-state index contributed by atoms with van der Waals surface area (Å²) in [6.07, 6.45) is 80.6. The van der Waals surface area contributed by atoms with Crippen molar-refractivity contribution in [2.75, 3.05) is 13.2 Å². The summed E-state index contributed by atoms with van der Waals surface area (Å²) in [5.74, 6) is -0.0545. The van der Waals surface area contributed by atoms with Crippen molar-refractivity contribution in [3.63, 3.8) is 0 Å². The molecule has 6 nitrogen and oxygen atoms in total. The Kier molecular flexibility index (Phi) is 62.0. The quantitative estimate of drug-likeness (QED) is 0.0320. The lowest BCUT2D eigenvalue weighted by Crippen LogP contribution is -2.45. The molecule has 0 saturated heterocycles. The Hall–Kier alpha value is -1.92. The topological polar surface area (TPSA) is 95.9 Å². The highest BCUT2D eigenvalue weighted by molar-refractivity contribution is 5.76. The van der Waals surface area contributed by atoms with Gasteiger partial charge < -0.3 is 20.3 Å². The number of ether oxygens (including phenoxy) is 1. The average molecular weight is 1040 g/mol. The van der Waals surface area contributed by atoms with Gasteiger partial charge in [-0.15, -0.1) is 0 Å². The van der Waals surface area contributed by atoms with E-state index in [0.29, 0.717) is 19.4 Å². The van der Waals surface area contributed by atoms with Gasteiger partial charge >= 0.3 is 5.97 Å². The van der Waals surface area contributed by atoms with Gasteiger partial charge in [0.05, 0.1) is 25.4 Å². The van der Waals surface area contributed by atoms with Gasteiger partial charge in [0.1, 0.15) is 0 Å². The van der Waals surface area contributed by atoms with Gasteiger partial charge in [0, 0.05) is 12.8 Å². The number of allylic oxidation sites excluding steroid dienone is 5. The normalized spacial score (nSPS) is 12.8. The van der Waals surface area contributed by atoms with Crippen molar-refractivity contribution >= 4 is 11.9 Å². The summed E-state index contributed by atoms with van der Waals surface area (Å²) in [5.41, 5.74) is 0. The number of hydrogen-bond acceptors (Lipinski definition) is 5. The lowest BCUT2D eigenvalue weighted by molar-refractivity contribution is -0.143. The summed E-state index contributed by atoms with van der Waals surface area (Å²) in [6.45, 7) is 4.92. The van der Waals surface area contributed by atoms with Crippen LogP contribution in [0.25, 0.3) is 0 Å². The highest BCUT2D eigenvalue weighted by Gasteiger charge is 2.18. The Morgan fingerprint density at radius 3 is 1.03 bits per heavy atom. The molecule has 0 aromatic carbocycles. The molecule has 74 heavy (non-hydrogen) atoms. The zero-order chi connectivity index (χ0) is 53.6. The molecular formula is C68H129NO5. The standard InChI is InChI=1S/C68H129NO5/c1-3-5-7-9-11-13-15-17-18-34-37-40-44-48-52-56-60-66(71)65(64-70)69-67(72)61-57-53-49-45-41-38-35-32-30-28-26-24-22-20-19-21-23-25-27-29-31-33-36-39-43-47-51-55-59-63-74-68(73)62-58-54-50-46-42-16-14-12-10-8-6-4-2/h19,21,25,27,56,60,65-66,70-71H,3-18,20,22-24,26,28-55,57-59,61-64H2,1-2H3,(H,69,72)/b21-19-,27-25-,60-56+. The Bertz CT molecular complexity index is 1200. The van der Waals surface area contributed by atoms with Gasteiger partial charge in [0.2, 0.25) is 5.91 Å². The third-order valence-corrected chi connectivity index (χ3v) is 15.4. The van der Waals surface area contributed by atoms with E-state index in [0.717, 1.165) is 44.9 Å². The van der Waals surface area contributed by atoms with Crippen molar-refractivity contribution < 1.29 is 24.5 Å². The van der Waals surface area contributed by atoms with Gasteiger partial charge in [-0.3, -0.25) is 9.59 Å². The van der Waals surface area contributed by atoms with Crippen LogP contribution in [0.1, 0.15) is 361 Å². The van der Waals surface area contributed by atoms with Crippen LogP contribution in [0.3, 0.4) is 0 Å². The molecule has 0 aliphatic heterocycles. The number of unbranched alkanes of at least 4 members (excludes halogenated alkanes) is 47. The van der Waals surface area contributed by atoms with Crippen LogP contribution in [0.4, 0.5) is 0 Å². The molecule has 0 aliphatic carbocycles. The van der Waals surface area contributed by atoms with Crippen LogP contribution in [0, 0.1) is 0 Å². The number of rotatable bonds is 62. The molecule has 1 amide bonds. The van der Waals surface area contributed by atoms with Gasteiger partial charge in [-0.1, -0.05) is 320 Å². The molecule has 0 heterocycles. The molecule has 0 radical (unpaired) electrons. The van der Waals surface area contributed by atoms with E-state index < -0.39 is 12.1 Å². The molecule has 0 rings (SSSR count). The second-order valence-electron chi connectivity index (χ2n) is 22.8. The number of carbonyl (C=O) groups excluding carboxylic acids is 2. The van der Waals surface area contributed by atoms with E-state index in [9.17, 15) is 19.8 Å². The zero-order valence-corrected chi connectivity index (χ0v) is 49.8. The fraction of sp³-hybridized carbons (Fsp3) is 0.882. The molecule has 2 atom stereocenters. The molecule has 2 unspecified atom stereocenters. The number of esters is 1. The second kappa shape index (κ2) is 63.6. The highest BCUT2D eigenvalue weighted by atomic mass is 16.5. The minimum atomic E-state index is -0.845. The van der Waals surface area contributed by atoms with Crippen molar-refractivity contribution in [1.29, 1.82) is 0 Å². The van der Waals surface area contributed by atoms with Gasteiger partial charge in [-0.05, 0) is 64.2 Å². The highest BCUT2D eigenvalue weighted by Crippen LogP contribution is 2.18. The molecular weight excluding hydrogens is 911 g/mol. The Labute approximate surface area is 462 Å². The SMILES string of the molecule is CCCCCCCCCCCCCCCC/C=C/C(O)C(CO)NC(=O)CCCCCCCCCCCCCCC/C=C\C/C=C\CCCCCCCCCCCOC(=O)CCCCCCCCCCCCCC. The van der Waals surface area contributed by atoms with Crippen molar-refractivity contribution in [2.45, 2.75) is 373 Å². The zero-order valence-electron chi connectivity index (χ0n) is 49.8. The van der Waals surface area contributed by atoms with E-state index in [1.165, 1.54) is 289 Å². The lowest BCUT2D eigenvalue weighted by Gasteiger charge is -2.20. The summed E-state index contributed by atoms with van der Waals surface area (Å²) < 4.78 is 5.47.